The molecule has 2 rings (SSSR count). The van der Waals surface area contributed by atoms with Crippen LogP contribution in [0.25, 0.3) is 0 Å². The first-order valence-corrected chi connectivity index (χ1v) is 7.59. The highest BCUT2D eigenvalue weighted by Crippen LogP contribution is 2.12. The number of thiocarbonyl (C=S) groups is 1. The SMILES string of the molecule is O=C(NNC(=S)NCCc1ccccc1)c1cccc([N+](=O)[O-])c1. The molecule has 124 valence electrons. The molecular formula is C16H16N4O3S. The number of nitrogens with zero attached hydrogens (tertiary/aromatic N) is 1. The van der Waals surface area contributed by atoms with E-state index in [1.807, 2.05) is 30.3 Å². The lowest BCUT2D eigenvalue weighted by atomic mass is 10.1. The monoisotopic (exact) mass is 344 g/mol. The molecule has 0 heterocycles. The maximum Gasteiger partial charge on any atom is 0.270 e. The highest BCUT2D eigenvalue weighted by molar-refractivity contribution is 7.80. The van der Waals surface area contributed by atoms with Crippen LogP contribution in [-0.4, -0.2) is 22.5 Å². The predicted molar refractivity (Wildman–Crippen MR) is 94.4 cm³/mol. The van der Waals surface area contributed by atoms with E-state index in [1.165, 1.54) is 29.8 Å². The molecule has 0 aliphatic rings. The minimum absolute atomic E-state index is 0.147. The van der Waals surface area contributed by atoms with Crippen molar-refractivity contribution in [2.75, 3.05) is 6.54 Å². The van der Waals surface area contributed by atoms with Gasteiger partial charge in [0.25, 0.3) is 11.6 Å². The molecule has 0 aliphatic heterocycles. The van der Waals surface area contributed by atoms with Gasteiger partial charge in [0, 0.05) is 24.2 Å². The molecule has 0 spiro atoms. The normalized spacial score (nSPS) is 9.83. The molecule has 0 fully saturated rings. The number of carbonyl (C=O) groups excluding carboxylic acids is 1. The van der Waals surface area contributed by atoms with E-state index in [2.05, 4.69) is 16.2 Å². The molecule has 0 saturated carbocycles. The Morgan fingerprint density at radius 1 is 1.08 bits per heavy atom. The van der Waals surface area contributed by atoms with Gasteiger partial charge in [0.1, 0.15) is 0 Å². The number of hydrogen-bond acceptors (Lipinski definition) is 4. The van der Waals surface area contributed by atoms with Crippen LogP contribution in [-0.2, 0) is 6.42 Å². The highest BCUT2D eigenvalue weighted by Gasteiger charge is 2.11. The van der Waals surface area contributed by atoms with Gasteiger partial charge in [-0.05, 0) is 30.3 Å². The number of carbonyl (C=O) groups is 1. The molecule has 0 aliphatic carbocycles. The molecule has 1 amide bonds. The Hall–Kier alpha value is -3.00. The van der Waals surface area contributed by atoms with Crippen LogP contribution < -0.4 is 16.2 Å². The Morgan fingerprint density at radius 3 is 2.54 bits per heavy atom. The summed E-state index contributed by atoms with van der Waals surface area (Å²) >= 11 is 5.06. The first-order chi connectivity index (χ1) is 11.6. The van der Waals surface area contributed by atoms with Crippen LogP contribution in [0.2, 0.25) is 0 Å². The average Bonchev–Trinajstić information content (AvgIpc) is 2.60. The molecule has 24 heavy (non-hydrogen) atoms. The summed E-state index contributed by atoms with van der Waals surface area (Å²) in [4.78, 5) is 22.1. The number of benzene rings is 2. The zero-order chi connectivity index (χ0) is 17.4. The number of hydrogen-bond donors (Lipinski definition) is 3. The van der Waals surface area contributed by atoms with Gasteiger partial charge < -0.3 is 5.32 Å². The van der Waals surface area contributed by atoms with Crippen molar-refractivity contribution >= 4 is 28.9 Å². The van der Waals surface area contributed by atoms with Crippen molar-refractivity contribution in [1.82, 2.24) is 16.2 Å². The van der Waals surface area contributed by atoms with E-state index in [9.17, 15) is 14.9 Å². The first kappa shape index (κ1) is 17.4. The second kappa shape index (κ2) is 8.59. The number of nitro benzene ring substituents is 1. The highest BCUT2D eigenvalue weighted by atomic mass is 32.1. The minimum Gasteiger partial charge on any atom is -0.361 e. The maximum atomic E-state index is 11.9. The van der Waals surface area contributed by atoms with Crippen LogP contribution in [0.4, 0.5) is 5.69 Å². The zero-order valence-corrected chi connectivity index (χ0v) is 13.5. The standard InChI is InChI=1S/C16H16N4O3S/c21-15(13-7-4-8-14(11-13)20(22)23)18-19-16(24)17-10-9-12-5-2-1-3-6-12/h1-8,11H,9-10H2,(H,18,21)(H2,17,19,24). The number of nitrogens with one attached hydrogen (secondary N) is 3. The first-order valence-electron chi connectivity index (χ1n) is 7.19. The van der Waals surface area contributed by atoms with E-state index >= 15 is 0 Å². The van der Waals surface area contributed by atoms with Crippen LogP contribution in [0.3, 0.4) is 0 Å². The van der Waals surface area contributed by atoms with Crippen molar-refractivity contribution in [3.8, 4) is 0 Å². The van der Waals surface area contributed by atoms with E-state index < -0.39 is 10.8 Å². The summed E-state index contributed by atoms with van der Waals surface area (Å²) < 4.78 is 0. The molecule has 2 aromatic carbocycles. The molecule has 2 aromatic rings. The van der Waals surface area contributed by atoms with Crippen LogP contribution in [0, 0.1) is 10.1 Å². The molecule has 0 radical (unpaired) electrons. The molecule has 8 heteroatoms. The second-order valence-corrected chi connectivity index (χ2v) is 5.29. The molecule has 3 N–H and O–H groups in total. The second-order valence-electron chi connectivity index (χ2n) is 4.88. The summed E-state index contributed by atoms with van der Waals surface area (Å²) in [6.45, 7) is 0.614. The Bertz CT molecular complexity index is 737. The average molecular weight is 344 g/mol. The largest absolute Gasteiger partial charge is 0.361 e. The van der Waals surface area contributed by atoms with Gasteiger partial charge in [-0.1, -0.05) is 36.4 Å². The number of rotatable bonds is 5. The molecule has 0 unspecified atom stereocenters. The van der Waals surface area contributed by atoms with Crippen molar-refractivity contribution in [2.24, 2.45) is 0 Å². The third kappa shape index (κ3) is 5.33. The molecule has 0 saturated heterocycles. The fraction of sp³-hybridized carbons (Fsp3) is 0.125. The maximum absolute atomic E-state index is 11.9. The van der Waals surface area contributed by atoms with Gasteiger partial charge in [-0.25, -0.2) is 0 Å². The third-order valence-corrected chi connectivity index (χ3v) is 3.40. The van der Waals surface area contributed by atoms with Crippen molar-refractivity contribution in [1.29, 1.82) is 0 Å². The number of hydrazine groups is 1. The van der Waals surface area contributed by atoms with Crippen LogP contribution in [0.15, 0.2) is 54.6 Å². The predicted octanol–water partition coefficient (Wildman–Crippen LogP) is 1.95. The Morgan fingerprint density at radius 2 is 1.83 bits per heavy atom. The van der Waals surface area contributed by atoms with Gasteiger partial charge in [0.2, 0.25) is 0 Å². The van der Waals surface area contributed by atoms with Crippen molar-refractivity contribution in [3.05, 3.63) is 75.8 Å². The van der Waals surface area contributed by atoms with Crippen molar-refractivity contribution in [3.63, 3.8) is 0 Å². The summed E-state index contributed by atoms with van der Waals surface area (Å²) in [6.07, 6.45) is 0.793. The van der Waals surface area contributed by atoms with Gasteiger partial charge in [0.15, 0.2) is 5.11 Å². The lowest BCUT2D eigenvalue weighted by Crippen LogP contribution is -2.47. The summed E-state index contributed by atoms with van der Waals surface area (Å²) in [5.41, 5.74) is 6.16. The van der Waals surface area contributed by atoms with E-state index in [1.54, 1.807) is 0 Å². The van der Waals surface area contributed by atoms with Gasteiger partial charge in [-0.2, -0.15) is 0 Å². The van der Waals surface area contributed by atoms with E-state index in [0.717, 1.165) is 6.42 Å². The van der Waals surface area contributed by atoms with Crippen molar-refractivity contribution < 1.29 is 9.72 Å². The molecule has 0 bridgehead atoms. The van der Waals surface area contributed by atoms with Crippen molar-refractivity contribution in [2.45, 2.75) is 6.42 Å². The van der Waals surface area contributed by atoms with Gasteiger partial charge in [0.05, 0.1) is 4.92 Å². The Balaban J connectivity index is 1.76. The zero-order valence-electron chi connectivity index (χ0n) is 12.7. The summed E-state index contributed by atoms with van der Waals surface area (Å²) in [7, 11) is 0. The quantitative estimate of drug-likeness (QED) is 0.436. The minimum atomic E-state index is -0.556. The Labute approximate surface area is 144 Å². The molecule has 0 aromatic heterocycles. The number of non-ortho nitro benzene ring substituents is 1. The fourth-order valence-corrected chi connectivity index (χ4v) is 2.11. The summed E-state index contributed by atoms with van der Waals surface area (Å²) in [5.74, 6) is -0.508. The topological polar surface area (TPSA) is 96.3 Å². The van der Waals surface area contributed by atoms with E-state index in [4.69, 9.17) is 12.2 Å². The smallest absolute Gasteiger partial charge is 0.270 e. The number of amides is 1. The lowest BCUT2D eigenvalue weighted by molar-refractivity contribution is -0.384. The number of nitro groups is 1. The van der Waals surface area contributed by atoms with Gasteiger partial charge in [-0.3, -0.25) is 25.8 Å². The van der Waals surface area contributed by atoms with Crippen LogP contribution in [0.1, 0.15) is 15.9 Å². The summed E-state index contributed by atoms with van der Waals surface area (Å²) in [5, 5.41) is 13.9. The third-order valence-electron chi connectivity index (χ3n) is 3.15. The lowest BCUT2D eigenvalue weighted by Gasteiger charge is -2.11. The van der Waals surface area contributed by atoms with E-state index in [-0.39, 0.29) is 16.4 Å². The van der Waals surface area contributed by atoms with Gasteiger partial charge >= 0.3 is 0 Å². The molecular weight excluding hydrogens is 328 g/mol. The molecule has 7 nitrogen and oxygen atoms in total. The van der Waals surface area contributed by atoms with Crippen LogP contribution >= 0.6 is 12.2 Å². The Kier molecular flexibility index (Phi) is 6.21. The van der Waals surface area contributed by atoms with Crippen LogP contribution in [0.5, 0.6) is 0 Å². The fourth-order valence-electron chi connectivity index (χ4n) is 1.96. The van der Waals surface area contributed by atoms with Gasteiger partial charge in [-0.15, -0.1) is 0 Å². The summed E-state index contributed by atoms with van der Waals surface area (Å²) in [6, 6.07) is 15.4. The molecule has 0 atom stereocenters. The van der Waals surface area contributed by atoms with E-state index in [0.29, 0.717) is 6.54 Å².